The summed E-state index contributed by atoms with van der Waals surface area (Å²) in [6.45, 7) is 8.65. The fourth-order valence-electron chi connectivity index (χ4n) is 3.02. The van der Waals surface area contributed by atoms with Crippen LogP contribution >= 0.6 is 11.6 Å². The molecular formula is C17H24ClNO. The van der Waals surface area contributed by atoms with Crippen molar-refractivity contribution in [2.24, 2.45) is 11.8 Å². The Morgan fingerprint density at radius 1 is 1.25 bits per heavy atom. The number of benzene rings is 1. The number of Topliss-reactive ketones (excluding diaryl/α,β-unsaturated/α-hetero) is 1. The molecular weight excluding hydrogens is 270 g/mol. The molecule has 0 spiro atoms. The summed E-state index contributed by atoms with van der Waals surface area (Å²) in [4.78, 5) is 14.8. The Morgan fingerprint density at radius 3 is 2.45 bits per heavy atom. The van der Waals surface area contributed by atoms with Gasteiger partial charge in [-0.3, -0.25) is 9.69 Å². The molecule has 0 saturated carbocycles. The Hall–Kier alpha value is -0.860. The summed E-state index contributed by atoms with van der Waals surface area (Å²) >= 11 is 5.97. The first kappa shape index (κ1) is 15.5. The van der Waals surface area contributed by atoms with Gasteiger partial charge < -0.3 is 0 Å². The van der Waals surface area contributed by atoms with Gasteiger partial charge in [0.2, 0.25) is 0 Å². The van der Waals surface area contributed by atoms with Crippen LogP contribution < -0.4 is 0 Å². The van der Waals surface area contributed by atoms with Crippen molar-refractivity contribution in [3.8, 4) is 0 Å². The summed E-state index contributed by atoms with van der Waals surface area (Å²) in [5, 5.41) is 0.626. The van der Waals surface area contributed by atoms with E-state index in [2.05, 4.69) is 18.7 Å². The monoisotopic (exact) mass is 293 g/mol. The molecule has 1 saturated heterocycles. The third kappa shape index (κ3) is 3.62. The van der Waals surface area contributed by atoms with Crippen LogP contribution in [-0.4, -0.2) is 29.8 Å². The van der Waals surface area contributed by atoms with E-state index in [0.29, 0.717) is 5.02 Å². The summed E-state index contributed by atoms with van der Waals surface area (Å²) in [6.07, 6.45) is 2.40. The second-order valence-electron chi connectivity index (χ2n) is 6.17. The van der Waals surface area contributed by atoms with Gasteiger partial charge in [-0.25, -0.2) is 0 Å². The molecule has 0 aliphatic carbocycles. The second kappa shape index (κ2) is 6.73. The first-order chi connectivity index (χ1) is 9.49. The number of halogens is 1. The molecule has 2 nitrogen and oxygen atoms in total. The Kier molecular flexibility index (Phi) is 5.22. The lowest BCUT2D eigenvalue weighted by Gasteiger charge is -2.36. The van der Waals surface area contributed by atoms with Crippen molar-refractivity contribution in [1.29, 1.82) is 0 Å². The first-order valence-corrected chi connectivity index (χ1v) is 7.90. The van der Waals surface area contributed by atoms with Gasteiger partial charge in [0.15, 0.2) is 5.78 Å². The molecule has 1 aromatic carbocycles. The fourth-order valence-corrected chi connectivity index (χ4v) is 3.21. The number of carbonyl (C=O) groups excluding carboxylic acids is 1. The zero-order chi connectivity index (χ0) is 14.7. The van der Waals surface area contributed by atoms with Gasteiger partial charge in [-0.15, -0.1) is 0 Å². The molecule has 0 N–H and O–H groups in total. The standard InChI is InChI=1S/C17H24ClNO/c1-12(2)14-7-9-19(10-8-14)13(3)17(20)15-5-4-6-16(18)11-15/h4-6,11-14H,7-10H2,1-3H3. The summed E-state index contributed by atoms with van der Waals surface area (Å²) in [6, 6.07) is 7.21. The summed E-state index contributed by atoms with van der Waals surface area (Å²) in [7, 11) is 0. The molecule has 1 unspecified atom stereocenters. The van der Waals surface area contributed by atoms with Crippen molar-refractivity contribution in [3.05, 3.63) is 34.9 Å². The summed E-state index contributed by atoms with van der Waals surface area (Å²) < 4.78 is 0. The van der Waals surface area contributed by atoms with Crippen LogP contribution in [0.5, 0.6) is 0 Å². The molecule has 3 heteroatoms. The molecule has 110 valence electrons. The van der Waals surface area contributed by atoms with Crippen LogP contribution in [0.2, 0.25) is 5.02 Å². The maximum absolute atomic E-state index is 12.5. The third-order valence-electron chi connectivity index (χ3n) is 4.55. The molecule has 0 aromatic heterocycles. The summed E-state index contributed by atoms with van der Waals surface area (Å²) in [5.74, 6) is 1.73. The van der Waals surface area contributed by atoms with E-state index in [9.17, 15) is 4.79 Å². The highest BCUT2D eigenvalue weighted by Gasteiger charge is 2.28. The van der Waals surface area contributed by atoms with Crippen molar-refractivity contribution in [2.45, 2.75) is 39.7 Å². The van der Waals surface area contributed by atoms with Gasteiger partial charge in [-0.2, -0.15) is 0 Å². The summed E-state index contributed by atoms with van der Waals surface area (Å²) in [5.41, 5.74) is 0.719. The highest BCUT2D eigenvalue weighted by Crippen LogP contribution is 2.26. The molecule has 2 rings (SSSR count). The minimum Gasteiger partial charge on any atom is -0.293 e. The van der Waals surface area contributed by atoms with E-state index < -0.39 is 0 Å². The molecule has 0 bridgehead atoms. The quantitative estimate of drug-likeness (QED) is 0.772. The number of hydrogen-bond donors (Lipinski definition) is 0. The minimum atomic E-state index is -0.0541. The van der Waals surface area contributed by atoms with E-state index in [1.807, 2.05) is 19.1 Å². The Bertz CT molecular complexity index is 464. The second-order valence-corrected chi connectivity index (χ2v) is 6.60. The molecule has 1 heterocycles. The maximum atomic E-state index is 12.5. The van der Waals surface area contributed by atoms with E-state index in [0.717, 1.165) is 30.5 Å². The zero-order valence-electron chi connectivity index (χ0n) is 12.6. The van der Waals surface area contributed by atoms with Crippen molar-refractivity contribution in [1.82, 2.24) is 4.90 Å². The van der Waals surface area contributed by atoms with Crippen LogP contribution in [0.3, 0.4) is 0 Å². The van der Waals surface area contributed by atoms with Gasteiger partial charge in [0.05, 0.1) is 6.04 Å². The molecule has 20 heavy (non-hydrogen) atoms. The van der Waals surface area contributed by atoms with Crippen LogP contribution in [0.15, 0.2) is 24.3 Å². The van der Waals surface area contributed by atoms with Gasteiger partial charge in [-0.1, -0.05) is 37.6 Å². The highest BCUT2D eigenvalue weighted by atomic mass is 35.5. The molecule has 0 radical (unpaired) electrons. The average Bonchev–Trinajstić information content (AvgIpc) is 2.46. The van der Waals surface area contributed by atoms with Gasteiger partial charge in [0, 0.05) is 10.6 Å². The lowest BCUT2D eigenvalue weighted by molar-refractivity contribution is 0.0743. The predicted octanol–water partition coefficient (Wildman–Crippen LogP) is 4.28. The fraction of sp³-hybridized carbons (Fsp3) is 0.588. The average molecular weight is 294 g/mol. The molecule has 1 aromatic rings. The van der Waals surface area contributed by atoms with Crippen molar-refractivity contribution >= 4 is 17.4 Å². The number of piperidine rings is 1. The van der Waals surface area contributed by atoms with Gasteiger partial charge in [0.25, 0.3) is 0 Å². The van der Waals surface area contributed by atoms with Crippen molar-refractivity contribution < 1.29 is 4.79 Å². The van der Waals surface area contributed by atoms with E-state index >= 15 is 0 Å². The van der Waals surface area contributed by atoms with Crippen LogP contribution in [0, 0.1) is 11.8 Å². The largest absolute Gasteiger partial charge is 0.293 e. The highest BCUT2D eigenvalue weighted by molar-refractivity contribution is 6.31. The number of carbonyl (C=O) groups is 1. The van der Waals surface area contributed by atoms with E-state index in [1.54, 1.807) is 12.1 Å². The Morgan fingerprint density at radius 2 is 1.90 bits per heavy atom. The smallest absolute Gasteiger partial charge is 0.179 e. The van der Waals surface area contributed by atoms with Crippen molar-refractivity contribution in [2.75, 3.05) is 13.1 Å². The number of hydrogen-bond acceptors (Lipinski definition) is 2. The van der Waals surface area contributed by atoms with Crippen LogP contribution in [-0.2, 0) is 0 Å². The number of ketones is 1. The third-order valence-corrected chi connectivity index (χ3v) is 4.79. The van der Waals surface area contributed by atoms with Gasteiger partial charge >= 0.3 is 0 Å². The minimum absolute atomic E-state index is 0.0541. The first-order valence-electron chi connectivity index (χ1n) is 7.53. The van der Waals surface area contributed by atoms with E-state index in [4.69, 9.17) is 11.6 Å². The molecule has 1 fully saturated rings. The van der Waals surface area contributed by atoms with Crippen molar-refractivity contribution in [3.63, 3.8) is 0 Å². The molecule has 1 aliphatic heterocycles. The van der Waals surface area contributed by atoms with Crippen LogP contribution in [0.1, 0.15) is 44.0 Å². The van der Waals surface area contributed by atoms with Crippen LogP contribution in [0.4, 0.5) is 0 Å². The van der Waals surface area contributed by atoms with Crippen LogP contribution in [0.25, 0.3) is 0 Å². The zero-order valence-corrected chi connectivity index (χ0v) is 13.4. The van der Waals surface area contributed by atoms with Gasteiger partial charge in [-0.05, 0) is 56.8 Å². The normalized spacial score (nSPS) is 19.2. The number of nitrogens with zero attached hydrogens (tertiary/aromatic N) is 1. The molecule has 1 aliphatic rings. The Balaban J connectivity index is 1.98. The lowest BCUT2D eigenvalue weighted by atomic mass is 9.86. The molecule has 0 amide bonds. The number of rotatable bonds is 4. The lowest BCUT2D eigenvalue weighted by Crippen LogP contribution is -2.44. The number of likely N-dealkylation sites (tertiary alicyclic amines) is 1. The maximum Gasteiger partial charge on any atom is 0.179 e. The Labute approximate surface area is 127 Å². The predicted molar refractivity (Wildman–Crippen MR) is 84.4 cm³/mol. The van der Waals surface area contributed by atoms with E-state index in [1.165, 1.54) is 12.8 Å². The van der Waals surface area contributed by atoms with E-state index in [-0.39, 0.29) is 11.8 Å². The topological polar surface area (TPSA) is 20.3 Å². The van der Waals surface area contributed by atoms with Gasteiger partial charge in [0.1, 0.15) is 0 Å². The SMILES string of the molecule is CC(C)C1CCN(C(C)C(=O)c2cccc(Cl)c2)CC1. The molecule has 1 atom stereocenters.